The Morgan fingerprint density at radius 2 is 1.83 bits per heavy atom. The van der Waals surface area contributed by atoms with E-state index >= 15 is 0 Å². The van der Waals surface area contributed by atoms with Crippen molar-refractivity contribution in [2.24, 2.45) is 0 Å². The highest BCUT2D eigenvalue weighted by Crippen LogP contribution is 2.27. The topological polar surface area (TPSA) is 43.8 Å². The van der Waals surface area contributed by atoms with E-state index in [0.717, 1.165) is 17.8 Å². The summed E-state index contributed by atoms with van der Waals surface area (Å²) in [5.41, 5.74) is 1.89. The van der Waals surface area contributed by atoms with Gasteiger partial charge in [-0.15, -0.1) is 0 Å². The highest BCUT2D eigenvalue weighted by Gasteiger charge is 2.36. The van der Waals surface area contributed by atoms with Gasteiger partial charge in [0.15, 0.2) is 0 Å². The van der Waals surface area contributed by atoms with Gasteiger partial charge >= 0.3 is 0 Å². The van der Waals surface area contributed by atoms with Crippen molar-refractivity contribution >= 4 is 0 Å². The Labute approximate surface area is 139 Å². The lowest BCUT2D eigenvalue weighted by atomic mass is 10.1. The van der Waals surface area contributed by atoms with Gasteiger partial charge in [0.05, 0.1) is 6.61 Å². The molecule has 0 aliphatic carbocycles. The molecular weight excluding hydrogens is 292 g/mol. The Morgan fingerprint density at radius 3 is 2.39 bits per heavy atom. The summed E-state index contributed by atoms with van der Waals surface area (Å²) in [6.45, 7) is 11.4. The van der Waals surface area contributed by atoms with Gasteiger partial charge in [-0.1, -0.05) is 6.07 Å². The fraction of sp³-hybridized carbons (Fsp3) is 0.722. The van der Waals surface area contributed by atoms with Crippen LogP contribution < -0.4 is 0 Å². The molecule has 0 spiro atoms. The molecule has 2 heterocycles. The van der Waals surface area contributed by atoms with E-state index < -0.39 is 5.79 Å². The summed E-state index contributed by atoms with van der Waals surface area (Å²) in [5.74, 6) is -0.914. The number of nitrogens with zero attached hydrogens (tertiary/aromatic N) is 2. The first kappa shape index (κ1) is 18.3. The van der Waals surface area contributed by atoms with Crippen LogP contribution in [0.3, 0.4) is 0 Å². The van der Waals surface area contributed by atoms with Gasteiger partial charge in [0, 0.05) is 26.0 Å². The van der Waals surface area contributed by atoms with Crippen LogP contribution in [0, 0.1) is 6.92 Å². The molecular formula is C18H30N2O3. The summed E-state index contributed by atoms with van der Waals surface area (Å²) in [7, 11) is 0. The summed E-state index contributed by atoms with van der Waals surface area (Å²) in [6, 6.07) is 3.99. The Balaban J connectivity index is 1.98. The molecule has 0 aromatic carbocycles. The Kier molecular flexibility index (Phi) is 7.43. The van der Waals surface area contributed by atoms with Gasteiger partial charge in [0.25, 0.3) is 0 Å². The second kappa shape index (κ2) is 9.33. The van der Waals surface area contributed by atoms with Crippen LogP contribution in [0.15, 0.2) is 18.3 Å². The molecule has 1 fully saturated rings. The molecule has 1 aliphatic heterocycles. The summed E-state index contributed by atoms with van der Waals surface area (Å²) in [4.78, 5) is 6.94. The lowest BCUT2D eigenvalue weighted by molar-refractivity contribution is -0.269. The Hall–Kier alpha value is -1.01. The quantitative estimate of drug-likeness (QED) is 0.489. The number of aromatic nitrogens is 1. The lowest BCUT2D eigenvalue weighted by Crippen LogP contribution is -2.40. The predicted molar refractivity (Wildman–Crippen MR) is 90.4 cm³/mol. The molecule has 23 heavy (non-hydrogen) atoms. The van der Waals surface area contributed by atoms with Gasteiger partial charge in [0.1, 0.15) is 12.3 Å². The third-order valence-corrected chi connectivity index (χ3v) is 4.10. The molecule has 2 rings (SSSR count). The first-order chi connectivity index (χ1) is 11.2. The lowest BCUT2D eigenvalue weighted by Gasteiger charge is -2.32. The largest absolute Gasteiger partial charge is 0.374 e. The molecule has 0 radical (unpaired) electrons. The van der Waals surface area contributed by atoms with E-state index in [1.165, 1.54) is 25.9 Å². The third kappa shape index (κ3) is 5.24. The molecule has 1 saturated heterocycles. The van der Waals surface area contributed by atoms with Crippen molar-refractivity contribution in [3.8, 4) is 0 Å². The van der Waals surface area contributed by atoms with E-state index in [1.54, 1.807) is 0 Å². The smallest absolute Gasteiger partial charge is 0.236 e. The number of likely N-dealkylation sites (tertiary alicyclic amines) is 1. The third-order valence-electron chi connectivity index (χ3n) is 4.10. The average molecular weight is 322 g/mol. The second-order valence-electron chi connectivity index (χ2n) is 5.94. The van der Waals surface area contributed by atoms with Crippen molar-refractivity contribution in [3.63, 3.8) is 0 Å². The zero-order valence-electron chi connectivity index (χ0n) is 14.7. The van der Waals surface area contributed by atoms with E-state index in [2.05, 4.69) is 9.88 Å². The minimum absolute atomic E-state index is 0.360. The monoisotopic (exact) mass is 322 g/mol. The van der Waals surface area contributed by atoms with Crippen molar-refractivity contribution < 1.29 is 14.2 Å². The van der Waals surface area contributed by atoms with Crippen molar-refractivity contribution in [3.05, 3.63) is 29.6 Å². The molecule has 1 aromatic rings. The summed E-state index contributed by atoms with van der Waals surface area (Å²) < 4.78 is 17.8. The zero-order valence-corrected chi connectivity index (χ0v) is 14.7. The number of aryl methyl sites for hydroxylation is 1. The van der Waals surface area contributed by atoms with Crippen LogP contribution in [-0.2, 0) is 20.0 Å². The van der Waals surface area contributed by atoms with Crippen molar-refractivity contribution in [1.29, 1.82) is 0 Å². The van der Waals surface area contributed by atoms with Gasteiger partial charge in [-0.3, -0.25) is 4.98 Å². The predicted octanol–water partition coefficient (Wildman–Crippen LogP) is 2.73. The van der Waals surface area contributed by atoms with Gasteiger partial charge in [0.2, 0.25) is 5.79 Å². The van der Waals surface area contributed by atoms with Gasteiger partial charge in [-0.2, -0.15) is 0 Å². The molecule has 0 N–H and O–H groups in total. The molecule has 130 valence electrons. The van der Waals surface area contributed by atoms with Gasteiger partial charge < -0.3 is 19.1 Å². The van der Waals surface area contributed by atoms with Crippen LogP contribution in [-0.4, -0.2) is 55.9 Å². The molecule has 1 aromatic heterocycles. The van der Waals surface area contributed by atoms with Crippen molar-refractivity contribution in [2.45, 2.75) is 39.4 Å². The standard InChI is InChI=1S/C18H30N2O3/c1-4-22-18(23-5-2,17-9-8-16(3)14-19-17)15-21-13-12-20-10-6-7-11-20/h8-9,14H,4-7,10-13,15H2,1-3H3. The number of rotatable bonds is 10. The van der Waals surface area contributed by atoms with Crippen LogP contribution in [0.4, 0.5) is 0 Å². The summed E-state index contributed by atoms with van der Waals surface area (Å²) in [5, 5.41) is 0. The fourth-order valence-electron chi connectivity index (χ4n) is 2.91. The first-order valence-electron chi connectivity index (χ1n) is 8.71. The maximum absolute atomic E-state index is 5.94. The molecule has 0 bridgehead atoms. The van der Waals surface area contributed by atoms with Crippen LogP contribution in [0.2, 0.25) is 0 Å². The van der Waals surface area contributed by atoms with E-state index in [1.807, 2.05) is 39.1 Å². The molecule has 0 atom stereocenters. The van der Waals surface area contributed by atoms with Gasteiger partial charge in [-0.25, -0.2) is 0 Å². The van der Waals surface area contributed by atoms with Gasteiger partial charge in [-0.05, 0) is 58.3 Å². The second-order valence-corrected chi connectivity index (χ2v) is 5.94. The molecule has 5 heteroatoms. The van der Waals surface area contributed by atoms with Crippen molar-refractivity contribution in [1.82, 2.24) is 9.88 Å². The molecule has 1 aliphatic rings. The van der Waals surface area contributed by atoms with Crippen molar-refractivity contribution in [2.75, 3.05) is 46.1 Å². The average Bonchev–Trinajstić information content (AvgIpc) is 3.06. The first-order valence-corrected chi connectivity index (χ1v) is 8.71. The molecule has 0 unspecified atom stereocenters. The fourth-order valence-corrected chi connectivity index (χ4v) is 2.91. The maximum Gasteiger partial charge on any atom is 0.236 e. The van der Waals surface area contributed by atoms with Crippen LogP contribution in [0.1, 0.15) is 37.9 Å². The van der Waals surface area contributed by atoms with Crippen LogP contribution >= 0.6 is 0 Å². The van der Waals surface area contributed by atoms with Crippen LogP contribution in [0.5, 0.6) is 0 Å². The van der Waals surface area contributed by atoms with E-state index in [4.69, 9.17) is 14.2 Å². The number of hydrogen-bond acceptors (Lipinski definition) is 5. The Morgan fingerprint density at radius 1 is 1.13 bits per heavy atom. The number of hydrogen-bond donors (Lipinski definition) is 0. The van der Waals surface area contributed by atoms with E-state index in [-0.39, 0.29) is 0 Å². The van der Waals surface area contributed by atoms with E-state index in [9.17, 15) is 0 Å². The Bertz CT molecular complexity index is 438. The highest BCUT2D eigenvalue weighted by molar-refractivity contribution is 5.16. The SMILES string of the molecule is CCOC(COCCN1CCCC1)(OCC)c1ccc(C)cn1. The number of pyridine rings is 1. The van der Waals surface area contributed by atoms with E-state index in [0.29, 0.717) is 26.4 Å². The molecule has 0 saturated carbocycles. The van der Waals surface area contributed by atoms with Crippen LogP contribution in [0.25, 0.3) is 0 Å². The summed E-state index contributed by atoms with van der Waals surface area (Å²) in [6.07, 6.45) is 4.44. The number of ether oxygens (including phenoxy) is 3. The maximum atomic E-state index is 5.94. The summed E-state index contributed by atoms with van der Waals surface area (Å²) >= 11 is 0. The minimum atomic E-state index is -0.914. The minimum Gasteiger partial charge on any atom is -0.374 e. The normalized spacial score (nSPS) is 16.1. The molecule has 0 amide bonds. The zero-order chi connectivity index (χ0) is 16.5. The highest BCUT2D eigenvalue weighted by atomic mass is 16.7. The molecule has 5 nitrogen and oxygen atoms in total.